The van der Waals surface area contributed by atoms with Crippen LogP contribution in [0, 0.1) is 0 Å². The van der Waals surface area contributed by atoms with Crippen LogP contribution < -0.4 is 5.32 Å². The summed E-state index contributed by atoms with van der Waals surface area (Å²) in [5.74, 6) is -0.0247. The largest absolute Gasteiger partial charge is 0.379 e. The van der Waals surface area contributed by atoms with Gasteiger partial charge in [0.15, 0.2) is 9.84 Å². The molecule has 0 aromatic heterocycles. The summed E-state index contributed by atoms with van der Waals surface area (Å²) in [4.78, 5) is 11.6. The summed E-state index contributed by atoms with van der Waals surface area (Å²) in [5.41, 5.74) is 0. The SMILES string of the molecule is C=CS(=O)(=O)CCOCCNC(=O)CCCCCCCCCCC. The lowest BCUT2D eigenvalue weighted by molar-refractivity contribution is -0.121. The number of unbranched alkanes of at least 4 members (excludes halogenated alkanes) is 8. The van der Waals surface area contributed by atoms with Crippen molar-refractivity contribution in [3.05, 3.63) is 12.0 Å². The van der Waals surface area contributed by atoms with Crippen molar-refractivity contribution < 1.29 is 17.9 Å². The fourth-order valence-corrected chi connectivity index (χ4v) is 2.82. The van der Waals surface area contributed by atoms with Crippen LogP contribution in [0.2, 0.25) is 0 Å². The number of nitrogens with one attached hydrogen (secondary N) is 1. The molecule has 0 rings (SSSR count). The van der Waals surface area contributed by atoms with E-state index in [9.17, 15) is 13.2 Å². The zero-order chi connectivity index (χ0) is 18.1. The summed E-state index contributed by atoms with van der Waals surface area (Å²) in [6.07, 6.45) is 11.7. The van der Waals surface area contributed by atoms with Crippen molar-refractivity contribution in [1.29, 1.82) is 0 Å². The number of amides is 1. The van der Waals surface area contributed by atoms with Crippen LogP contribution in [0.1, 0.15) is 71.1 Å². The molecule has 0 aromatic rings. The molecule has 0 spiro atoms. The molecule has 0 aromatic carbocycles. The lowest BCUT2D eigenvalue weighted by Crippen LogP contribution is -2.27. The van der Waals surface area contributed by atoms with Gasteiger partial charge in [-0.25, -0.2) is 8.42 Å². The minimum atomic E-state index is -3.20. The smallest absolute Gasteiger partial charge is 0.220 e. The predicted octanol–water partition coefficient (Wildman–Crippen LogP) is 3.60. The van der Waals surface area contributed by atoms with Gasteiger partial charge in [-0.2, -0.15) is 0 Å². The van der Waals surface area contributed by atoms with Crippen LogP contribution in [0.25, 0.3) is 0 Å². The topological polar surface area (TPSA) is 72.5 Å². The first-order chi connectivity index (χ1) is 11.5. The molecule has 0 aliphatic heterocycles. The first-order valence-corrected chi connectivity index (χ1v) is 10.9. The van der Waals surface area contributed by atoms with Crippen molar-refractivity contribution in [2.24, 2.45) is 0 Å². The van der Waals surface area contributed by atoms with Crippen LogP contribution in [-0.2, 0) is 19.4 Å². The third kappa shape index (κ3) is 16.0. The van der Waals surface area contributed by atoms with E-state index in [0.29, 0.717) is 19.6 Å². The van der Waals surface area contributed by atoms with E-state index in [-0.39, 0.29) is 18.3 Å². The molecule has 0 saturated carbocycles. The Hall–Kier alpha value is -0.880. The molecule has 0 radical (unpaired) electrons. The number of sulfone groups is 1. The fraction of sp³-hybridized carbons (Fsp3) is 0.833. The van der Waals surface area contributed by atoms with Crippen molar-refractivity contribution in [3.63, 3.8) is 0 Å². The second-order valence-electron chi connectivity index (χ2n) is 6.07. The normalized spacial score (nSPS) is 11.4. The molecular weight excluding hydrogens is 326 g/mol. The monoisotopic (exact) mass is 361 g/mol. The van der Waals surface area contributed by atoms with Crippen molar-refractivity contribution in [2.75, 3.05) is 25.5 Å². The average Bonchev–Trinajstić information content (AvgIpc) is 2.56. The second-order valence-corrected chi connectivity index (χ2v) is 8.14. The summed E-state index contributed by atoms with van der Waals surface area (Å²) in [6, 6.07) is 0. The first kappa shape index (κ1) is 23.1. The quantitative estimate of drug-likeness (QED) is 0.402. The summed E-state index contributed by atoms with van der Waals surface area (Å²) < 4.78 is 27.4. The van der Waals surface area contributed by atoms with Gasteiger partial charge in [0.2, 0.25) is 5.91 Å². The minimum Gasteiger partial charge on any atom is -0.379 e. The van der Waals surface area contributed by atoms with E-state index in [0.717, 1.165) is 18.2 Å². The van der Waals surface area contributed by atoms with Gasteiger partial charge in [-0.15, -0.1) is 0 Å². The van der Waals surface area contributed by atoms with E-state index in [1.807, 2.05) is 0 Å². The second kappa shape index (κ2) is 15.6. The molecule has 0 atom stereocenters. The van der Waals surface area contributed by atoms with Crippen LogP contribution in [0.5, 0.6) is 0 Å². The van der Waals surface area contributed by atoms with Gasteiger partial charge in [0.05, 0.1) is 19.0 Å². The van der Waals surface area contributed by atoms with Crippen molar-refractivity contribution in [3.8, 4) is 0 Å². The van der Waals surface area contributed by atoms with E-state index < -0.39 is 9.84 Å². The summed E-state index contributed by atoms with van der Waals surface area (Å²) >= 11 is 0. The van der Waals surface area contributed by atoms with Crippen LogP contribution in [-0.4, -0.2) is 39.8 Å². The van der Waals surface area contributed by atoms with E-state index in [4.69, 9.17) is 4.74 Å². The lowest BCUT2D eigenvalue weighted by atomic mass is 10.1. The maximum Gasteiger partial charge on any atom is 0.220 e. The first-order valence-electron chi connectivity index (χ1n) is 9.21. The van der Waals surface area contributed by atoms with Crippen LogP contribution in [0.4, 0.5) is 0 Å². The Morgan fingerprint density at radius 3 is 2.17 bits per heavy atom. The average molecular weight is 362 g/mol. The summed E-state index contributed by atoms with van der Waals surface area (Å²) in [6.45, 7) is 6.34. The fourth-order valence-electron chi connectivity index (χ4n) is 2.31. The molecule has 0 heterocycles. The standard InChI is InChI=1S/C18H35NO4S/c1-3-5-6-7-8-9-10-11-12-13-18(20)19-14-15-23-16-17-24(21,22)4-2/h4H,2-3,5-17H2,1H3,(H,19,20). The highest BCUT2D eigenvalue weighted by Crippen LogP contribution is 2.10. The Bertz CT molecular complexity index is 421. The molecule has 1 N–H and O–H groups in total. The van der Waals surface area contributed by atoms with Gasteiger partial charge in [0.25, 0.3) is 0 Å². The molecule has 0 saturated heterocycles. The van der Waals surface area contributed by atoms with Crippen LogP contribution in [0.15, 0.2) is 12.0 Å². The number of carbonyl (C=O) groups excluding carboxylic acids is 1. The van der Waals surface area contributed by atoms with Gasteiger partial charge in [0, 0.05) is 18.4 Å². The zero-order valence-corrected chi connectivity index (χ0v) is 16.0. The van der Waals surface area contributed by atoms with E-state index in [2.05, 4.69) is 18.8 Å². The maximum atomic E-state index is 11.6. The third-order valence-electron chi connectivity index (χ3n) is 3.84. The molecule has 5 nitrogen and oxygen atoms in total. The van der Waals surface area contributed by atoms with Gasteiger partial charge < -0.3 is 10.1 Å². The Balaban J connectivity index is 3.31. The van der Waals surface area contributed by atoms with Gasteiger partial charge in [-0.1, -0.05) is 64.9 Å². The van der Waals surface area contributed by atoms with Crippen LogP contribution >= 0.6 is 0 Å². The molecule has 0 bridgehead atoms. The number of rotatable bonds is 17. The Kier molecular flexibility index (Phi) is 15.1. The number of hydrogen-bond acceptors (Lipinski definition) is 4. The molecule has 6 heteroatoms. The molecule has 0 unspecified atom stereocenters. The van der Waals surface area contributed by atoms with Gasteiger partial charge >= 0.3 is 0 Å². The Morgan fingerprint density at radius 2 is 1.58 bits per heavy atom. The van der Waals surface area contributed by atoms with Gasteiger partial charge in [0.1, 0.15) is 0 Å². The highest BCUT2D eigenvalue weighted by atomic mass is 32.2. The van der Waals surface area contributed by atoms with E-state index in [1.165, 1.54) is 44.9 Å². The lowest BCUT2D eigenvalue weighted by Gasteiger charge is -2.06. The Morgan fingerprint density at radius 1 is 1.00 bits per heavy atom. The highest BCUT2D eigenvalue weighted by Gasteiger charge is 2.04. The zero-order valence-electron chi connectivity index (χ0n) is 15.2. The molecule has 0 fully saturated rings. The molecule has 142 valence electrons. The molecular formula is C18H35NO4S. The molecule has 0 aliphatic carbocycles. The molecule has 24 heavy (non-hydrogen) atoms. The summed E-state index contributed by atoms with van der Waals surface area (Å²) in [7, 11) is -3.20. The van der Waals surface area contributed by atoms with Crippen LogP contribution in [0.3, 0.4) is 0 Å². The molecule has 0 aliphatic rings. The maximum absolute atomic E-state index is 11.6. The van der Waals surface area contributed by atoms with Crippen molar-refractivity contribution in [2.45, 2.75) is 71.1 Å². The van der Waals surface area contributed by atoms with Gasteiger partial charge in [-0.05, 0) is 6.42 Å². The Labute approximate surface area is 148 Å². The highest BCUT2D eigenvalue weighted by molar-refractivity contribution is 7.94. The van der Waals surface area contributed by atoms with Crippen molar-refractivity contribution >= 4 is 15.7 Å². The molecule has 1 amide bonds. The van der Waals surface area contributed by atoms with Gasteiger partial charge in [-0.3, -0.25) is 4.79 Å². The number of hydrogen-bond donors (Lipinski definition) is 1. The number of carbonyl (C=O) groups is 1. The van der Waals surface area contributed by atoms with E-state index >= 15 is 0 Å². The van der Waals surface area contributed by atoms with E-state index in [1.54, 1.807) is 0 Å². The predicted molar refractivity (Wildman–Crippen MR) is 99.7 cm³/mol. The third-order valence-corrected chi connectivity index (χ3v) is 5.09. The summed E-state index contributed by atoms with van der Waals surface area (Å²) in [5, 5.41) is 3.72. The number of ether oxygens (including phenoxy) is 1. The minimum absolute atomic E-state index is 0.0419. The van der Waals surface area contributed by atoms with Crippen molar-refractivity contribution in [1.82, 2.24) is 5.32 Å².